The van der Waals surface area contributed by atoms with Gasteiger partial charge in [-0.05, 0) is 74.0 Å². The van der Waals surface area contributed by atoms with E-state index in [1.165, 1.54) is 24.5 Å². The first-order valence-corrected chi connectivity index (χ1v) is 11.3. The maximum absolute atomic E-state index is 2.35. The van der Waals surface area contributed by atoms with Gasteiger partial charge in [0.05, 0.1) is 10.9 Å². The summed E-state index contributed by atoms with van der Waals surface area (Å²) in [7, 11) is -0.0785. The molecule has 0 saturated carbocycles. The first-order valence-electron chi connectivity index (χ1n) is 9.27. The molecule has 0 aliphatic carbocycles. The molecule has 0 radical (unpaired) electrons. The molecule has 2 heteroatoms. The lowest BCUT2D eigenvalue weighted by Gasteiger charge is -2.09. The second kappa shape index (κ2) is 10.2. The maximum atomic E-state index is 2.35. The van der Waals surface area contributed by atoms with Gasteiger partial charge in [-0.15, -0.1) is 0 Å². The number of rotatable bonds is 7. The Morgan fingerprint density at radius 1 is 0.778 bits per heavy atom. The van der Waals surface area contributed by atoms with Gasteiger partial charge < -0.3 is 0 Å². The summed E-state index contributed by atoms with van der Waals surface area (Å²) in [5, 5.41) is 0. The van der Waals surface area contributed by atoms with Gasteiger partial charge in [0, 0.05) is 9.79 Å². The van der Waals surface area contributed by atoms with Gasteiger partial charge in [-0.3, -0.25) is 0 Å². The average molecular weight is 390 g/mol. The van der Waals surface area contributed by atoms with Crippen LogP contribution in [0.4, 0.5) is 0 Å². The molecule has 0 aliphatic rings. The van der Waals surface area contributed by atoms with Gasteiger partial charge >= 0.3 is 0 Å². The Balaban J connectivity index is 1.94. The highest BCUT2D eigenvalue weighted by molar-refractivity contribution is 8.01. The molecular formula is C25H25S2+. The van der Waals surface area contributed by atoms with Crippen molar-refractivity contribution in [1.82, 2.24) is 0 Å². The van der Waals surface area contributed by atoms with Crippen LogP contribution in [0, 0.1) is 0 Å². The maximum Gasteiger partial charge on any atom is 0.166 e. The van der Waals surface area contributed by atoms with Crippen LogP contribution in [0.5, 0.6) is 0 Å². The topological polar surface area (TPSA) is 0 Å². The lowest BCUT2D eigenvalue weighted by Crippen LogP contribution is -2.06. The average Bonchev–Trinajstić information content (AvgIpc) is 2.71. The van der Waals surface area contributed by atoms with Gasteiger partial charge in [-0.1, -0.05) is 61.2 Å². The Morgan fingerprint density at radius 3 is 1.93 bits per heavy atom. The Morgan fingerprint density at radius 2 is 1.33 bits per heavy atom. The Hall–Kier alpha value is -2.16. The van der Waals surface area contributed by atoms with Crippen LogP contribution in [0.2, 0.25) is 0 Å². The Labute approximate surface area is 170 Å². The van der Waals surface area contributed by atoms with Crippen molar-refractivity contribution < 1.29 is 0 Å². The highest BCUT2D eigenvalue weighted by atomic mass is 32.2. The highest BCUT2D eigenvalue weighted by Gasteiger charge is 2.29. The molecule has 3 rings (SSSR count). The van der Waals surface area contributed by atoms with Crippen LogP contribution in [-0.2, 0) is 10.9 Å². The molecule has 0 heterocycles. The van der Waals surface area contributed by atoms with Gasteiger partial charge in [-0.25, -0.2) is 0 Å². The summed E-state index contributed by atoms with van der Waals surface area (Å²) in [6.07, 6.45) is 7.79. The summed E-state index contributed by atoms with van der Waals surface area (Å²) in [6.45, 7) is 4.30. The molecule has 0 spiro atoms. The van der Waals surface area contributed by atoms with Gasteiger partial charge in [0.2, 0.25) is 0 Å². The van der Waals surface area contributed by atoms with Crippen molar-refractivity contribution in [2.75, 3.05) is 0 Å². The van der Waals surface area contributed by atoms with Crippen LogP contribution < -0.4 is 0 Å². The SMILES string of the molecule is C/C=C\C(=C/CC)[S+](c1ccccc1)c1ccc(Sc2ccccc2)cc1. The third-order valence-corrected chi connectivity index (χ3v) is 7.27. The van der Waals surface area contributed by atoms with Gasteiger partial charge in [0.1, 0.15) is 0 Å². The minimum atomic E-state index is -0.0785. The van der Waals surface area contributed by atoms with E-state index in [1.807, 2.05) is 11.8 Å². The highest BCUT2D eigenvalue weighted by Crippen LogP contribution is 2.34. The second-order valence-corrected chi connectivity index (χ2v) is 9.19. The van der Waals surface area contributed by atoms with Gasteiger partial charge in [0.15, 0.2) is 14.7 Å². The van der Waals surface area contributed by atoms with Crippen LogP contribution in [0.15, 0.2) is 128 Å². The minimum Gasteiger partial charge on any atom is -0.0901 e. The molecule has 1 unspecified atom stereocenters. The molecule has 3 aromatic rings. The van der Waals surface area contributed by atoms with Crippen molar-refractivity contribution in [3.8, 4) is 0 Å². The van der Waals surface area contributed by atoms with E-state index in [4.69, 9.17) is 0 Å². The van der Waals surface area contributed by atoms with Gasteiger partial charge in [0.25, 0.3) is 0 Å². The number of benzene rings is 3. The Kier molecular flexibility index (Phi) is 7.44. The fourth-order valence-electron chi connectivity index (χ4n) is 2.82. The largest absolute Gasteiger partial charge is 0.166 e. The molecule has 1 atom stereocenters. The van der Waals surface area contributed by atoms with Crippen LogP contribution in [0.1, 0.15) is 20.3 Å². The second-order valence-electron chi connectivity index (χ2n) is 6.02. The van der Waals surface area contributed by atoms with Crippen molar-refractivity contribution in [2.24, 2.45) is 0 Å². The van der Waals surface area contributed by atoms with Crippen molar-refractivity contribution in [3.63, 3.8) is 0 Å². The van der Waals surface area contributed by atoms with Crippen molar-refractivity contribution >= 4 is 22.7 Å². The molecule has 0 fully saturated rings. The smallest absolute Gasteiger partial charge is 0.0901 e. The molecule has 27 heavy (non-hydrogen) atoms. The van der Waals surface area contributed by atoms with E-state index < -0.39 is 0 Å². The molecule has 0 amide bonds. The fourth-order valence-corrected chi connectivity index (χ4v) is 5.92. The molecule has 0 nitrogen and oxygen atoms in total. The monoisotopic (exact) mass is 389 g/mol. The molecule has 136 valence electrons. The van der Waals surface area contributed by atoms with E-state index in [2.05, 4.69) is 117 Å². The first kappa shape index (κ1) is 19.6. The number of hydrogen-bond acceptors (Lipinski definition) is 1. The predicted octanol–water partition coefficient (Wildman–Crippen LogP) is 7.74. The molecule has 0 aliphatic heterocycles. The zero-order chi connectivity index (χ0) is 18.9. The van der Waals surface area contributed by atoms with Crippen molar-refractivity contribution in [3.05, 3.63) is 108 Å². The number of hydrogen-bond donors (Lipinski definition) is 0. The lowest BCUT2D eigenvalue weighted by molar-refractivity contribution is 1.22. The summed E-state index contributed by atoms with van der Waals surface area (Å²) < 4.78 is 0. The number of allylic oxidation sites excluding steroid dienone is 3. The summed E-state index contributed by atoms with van der Waals surface area (Å²) in [5.74, 6) is 0. The van der Waals surface area contributed by atoms with Crippen LogP contribution in [0.25, 0.3) is 0 Å². The quantitative estimate of drug-likeness (QED) is 0.294. The predicted molar refractivity (Wildman–Crippen MR) is 121 cm³/mol. The van der Waals surface area contributed by atoms with E-state index in [1.54, 1.807) is 0 Å². The van der Waals surface area contributed by atoms with E-state index in [0.717, 1.165) is 6.42 Å². The minimum absolute atomic E-state index is 0.0785. The lowest BCUT2D eigenvalue weighted by atomic mass is 10.3. The Bertz CT molecular complexity index is 879. The normalized spacial score (nSPS) is 13.0. The molecule has 3 aromatic carbocycles. The third kappa shape index (κ3) is 5.41. The molecule has 0 bridgehead atoms. The summed E-state index contributed by atoms with van der Waals surface area (Å²) in [4.78, 5) is 6.64. The van der Waals surface area contributed by atoms with Crippen LogP contribution in [-0.4, -0.2) is 0 Å². The van der Waals surface area contributed by atoms with Crippen molar-refractivity contribution in [2.45, 2.75) is 39.9 Å². The van der Waals surface area contributed by atoms with E-state index in [0.29, 0.717) is 0 Å². The standard InChI is InChI=1S/C25H25S2/c1-3-11-23(12-4-2)27(24-15-9-6-10-16-24)25-19-17-22(18-20-25)26-21-13-7-5-8-14-21/h3,5-20H,4H2,1-2H3/q+1/b11-3-,23-12+. The van der Waals surface area contributed by atoms with E-state index >= 15 is 0 Å². The zero-order valence-corrected chi connectivity index (χ0v) is 17.5. The zero-order valence-electron chi connectivity index (χ0n) is 15.8. The van der Waals surface area contributed by atoms with Gasteiger partial charge in [-0.2, -0.15) is 0 Å². The van der Waals surface area contributed by atoms with Crippen LogP contribution >= 0.6 is 11.8 Å². The summed E-state index contributed by atoms with van der Waals surface area (Å²) in [5.41, 5.74) is 0. The van der Waals surface area contributed by atoms with Crippen molar-refractivity contribution in [1.29, 1.82) is 0 Å². The summed E-state index contributed by atoms with van der Waals surface area (Å²) >= 11 is 1.81. The van der Waals surface area contributed by atoms with E-state index in [9.17, 15) is 0 Å². The third-order valence-electron chi connectivity index (χ3n) is 3.99. The van der Waals surface area contributed by atoms with Crippen LogP contribution in [0.3, 0.4) is 0 Å². The molecule has 0 saturated heterocycles. The molecule has 0 aromatic heterocycles. The van der Waals surface area contributed by atoms with E-state index in [-0.39, 0.29) is 10.9 Å². The summed E-state index contributed by atoms with van der Waals surface area (Å²) in [6, 6.07) is 30.4. The fraction of sp³-hybridized carbons (Fsp3) is 0.120. The molecular weight excluding hydrogens is 364 g/mol. The molecule has 0 N–H and O–H groups in total. The first-order chi connectivity index (χ1) is 13.3.